The molecular weight excluding hydrogens is 300 g/mol. The molecule has 1 aliphatic rings. The van der Waals surface area contributed by atoms with Gasteiger partial charge in [0.15, 0.2) is 0 Å². The van der Waals surface area contributed by atoms with Crippen molar-refractivity contribution in [3.8, 4) is 0 Å². The number of nitrogens with one attached hydrogen (secondary N) is 2. The quantitative estimate of drug-likeness (QED) is 0.771. The maximum absolute atomic E-state index is 12.3. The number of rotatable bonds is 4. The predicted molar refractivity (Wildman–Crippen MR) is 94.5 cm³/mol. The van der Waals surface area contributed by atoms with Gasteiger partial charge in [0.2, 0.25) is 5.82 Å². The largest absolute Gasteiger partial charge is 0.347 e. The van der Waals surface area contributed by atoms with E-state index in [2.05, 4.69) is 20.6 Å². The van der Waals surface area contributed by atoms with Gasteiger partial charge in [-0.15, -0.1) is 0 Å². The highest BCUT2D eigenvalue weighted by Gasteiger charge is 2.25. The van der Waals surface area contributed by atoms with Gasteiger partial charge in [-0.25, -0.2) is 9.97 Å². The molecule has 0 radical (unpaired) electrons. The lowest BCUT2D eigenvalue weighted by molar-refractivity contribution is 0.0941. The van der Waals surface area contributed by atoms with Gasteiger partial charge in [-0.05, 0) is 49.6 Å². The van der Waals surface area contributed by atoms with Crippen molar-refractivity contribution in [2.45, 2.75) is 25.8 Å². The van der Waals surface area contributed by atoms with Crippen LogP contribution in [-0.2, 0) is 0 Å². The molecule has 2 N–H and O–H groups in total. The summed E-state index contributed by atoms with van der Waals surface area (Å²) >= 11 is 0. The minimum absolute atomic E-state index is 0.204. The molecule has 0 spiro atoms. The number of hydrogen-bond acceptors (Lipinski definition) is 4. The van der Waals surface area contributed by atoms with Gasteiger partial charge in [-0.2, -0.15) is 0 Å². The number of fused-ring (bicyclic) bond motifs is 1. The van der Waals surface area contributed by atoms with Gasteiger partial charge in [0, 0.05) is 17.1 Å². The molecule has 2 aromatic carbocycles. The van der Waals surface area contributed by atoms with E-state index in [0.717, 1.165) is 35.0 Å². The molecule has 1 heterocycles. The summed E-state index contributed by atoms with van der Waals surface area (Å²) in [6, 6.07) is 16.0. The van der Waals surface area contributed by atoms with Gasteiger partial charge in [-0.3, -0.25) is 4.79 Å². The lowest BCUT2D eigenvalue weighted by Crippen LogP contribution is -2.27. The Bertz CT molecular complexity index is 918. The smallest absolute Gasteiger partial charge is 0.289 e. The lowest BCUT2D eigenvalue weighted by atomic mass is 10.2. The highest BCUT2D eigenvalue weighted by molar-refractivity contribution is 5.97. The molecule has 1 fully saturated rings. The summed E-state index contributed by atoms with van der Waals surface area (Å²) in [5.74, 6) is 0.637. The third-order valence-electron chi connectivity index (χ3n) is 4.00. The molecule has 0 atom stereocenters. The van der Waals surface area contributed by atoms with E-state index < -0.39 is 0 Å². The molecule has 0 saturated heterocycles. The minimum atomic E-state index is -0.212. The van der Waals surface area contributed by atoms with Crippen LogP contribution in [0.15, 0.2) is 48.5 Å². The van der Waals surface area contributed by atoms with Crippen LogP contribution in [0.4, 0.5) is 11.5 Å². The first-order chi connectivity index (χ1) is 11.7. The third kappa shape index (κ3) is 3.06. The topological polar surface area (TPSA) is 66.9 Å². The van der Waals surface area contributed by atoms with Crippen LogP contribution < -0.4 is 10.6 Å². The van der Waals surface area contributed by atoms with Gasteiger partial charge in [-0.1, -0.05) is 24.3 Å². The Balaban J connectivity index is 1.75. The Morgan fingerprint density at radius 2 is 1.92 bits per heavy atom. The van der Waals surface area contributed by atoms with E-state index in [0.29, 0.717) is 5.82 Å². The van der Waals surface area contributed by atoms with Crippen LogP contribution in [0, 0.1) is 6.92 Å². The Kier molecular flexibility index (Phi) is 3.61. The van der Waals surface area contributed by atoms with Gasteiger partial charge >= 0.3 is 0 Å². The summed E-state index contributed by atoms with van der Waals surface area (Å²) in [6.45, 7) is 2.04. The summed E-state index contributed by atoms with van der Waals surface area (Å²) < 4.78 is 0. The fourth-order valence-corrected chi connectivity index (χ4v) is 2.61. The SMILES string of the molecule is Cc1cccc(Nc2nc(C(=O)NC3CC3)nc3ccccc23)c1. The summed E-state index contributed by atoms with van der Waals surface area (Å²) in [6.07, 6.45) is 2.07. The molecule has 1 saturated carbocycles. The normalized spacial score (nSPS) is 13.7. The van der Waals surface area contributed by atoms with Crippen molar-refractivity contribution in [2.24, 2.45) is 0 Å². The van der Waals surface area contributed by atoms with Gasteiger partial charge < -0.3 is 10.6 Å². The average molecular weight is 318 g/mol. The monoisotopic (exact) mass is 318 g/mol. The van der Waals surface area contributed by atoms with Crippen LogP contribution in [0.1, 0.15) is 29.0 Å². The zero-order chi connectivity index (χ0) is 16.5. The van der Waals surface area contributed by atoms with Crippen LogP contribution in [-0.4, -0.2) is 21.9 Å². The van der Waals surface area contributed by atoms with E-state index in [1.54, 1.807) is 0 Å². The molecule has 1 amide bonds. The molecule has 0 unspecified atom stereocenters. The minimum Gasteiger partial charge on any atom is -0.347 e. The zero-order valence-electron chi connectivity index (χ0n) is 13.4. The van der Waals surface area contributed by atoms with Crippen LogP contribution in [0.5, 0.6) is 0 Å². The van der Waals surface area contributed by atoms with E-state index in [4.69, 9.17) is 0 Å². The maximum atomic E-state index is 12.3. The van der Waals surface area contributed by atoms with Crippen molar-refractivity contribution in [1.82, 2.24) is 15.3 Å². The van der Waals surface area contributed by atoms with Gasteiger partial charge in [0.25, 0.3) is 5.91 Å². The van der Waals surface area contributed by atoms with Crippen molar-refractivity contribution < 1.29 is 4.79 Å². The number of aryl methyl sites for hydroxylation is 1. The molecule has 5 heteroatoms. The third-order valence-corrected chi connectivity index (χ3v) is 4.00. The number of nitrogens with zero attached hydrogens (tertiary/aromatic N) is 2. The Morgan fingerprint density at radius 3 is 2.71 bits per heavy atom. The number of benzene rings is 2. The Labute approximate surface area is 140 Å². The van der Waals surface area contributed by atoms with Crippen molar-refractivity contribution in [1.29, 1.82) is 0 Å². The molecule has 1 aliphatic carbocycles. The Hall–Kier alpha value is -2.95. The van der Waals surface area contributed by atoms with Gasteiger partial charge in [0.1, 0.15) is 5.82 Å². The lowest BCUT2D eigenvalue weighted by Gasteiger charge is -2.11. The first-order valence-corrected chi connectivity index (χ1v) is 8.10. The summed E-state index contributed by atoms with van der Waals surface area (Å²) in [5, 5.41) is 7.15. The fraction of sp³-hybridized carbons (Fsp3) is 0.211. The molecule has 24 heavy (non-hydrogen) atoms. The van der Waals surface area contributed by atoms with Crippen LogP contribution >= 0.6 is 0 Å². The molecular formula is C19H18N4O. The van der Waals surface area contributed by atoms with Crippen molar-refractivity contribution in [2.75, 3.05) is 5.32 Å². The zero-order valence-corrected chi connectivity index (χ0v) is 13.4. The number of hydrogen-bond donors (Lipinski definition) is 2. The standard InChI is InChI=1S/C19H18N4O/c1-12-5-4-6-14(11-12)20-17-15-7-2-3-8-16(15)22-18(23-17)19(24)21-13-9-10-13/h2-8,11,13H,9-10H2,1H3,(H,21,24)(H,20,22,23). The molecule has 4 rings (SSSR count). The number of carbonyl (C=O) groups is 1. The second-order valence-electron chi connectivity index (χ2n) is 6.16. The van der Waals surface area contributed by atoms with E-state index in [-0.39, 0.29) is 17.8 Å². The first kappa shape index (κ1) is 14.6. The van der Waals surface area contributed by atoms with Crippen LogP contribution in [0.25, 0.3) is 10.9 Å². The Morgan fingerprint density at radius 1 is 1.08 bits per heavy atom. The van der Waals surface area contributed by atoms with E-state index in [1.165, 1.54) is 0 Å². The second kappa shape index (κ2) is 5.92. The number of aromatic nitrogens is 2. The summed E-state index contributed by atoms with van der Waals surface area (Å²) in [7, 11) is 0. The number of anilines is 2. The average Bonchev–Trinajstić information content (AvgIpc) is 3.39. The van der Waals surface area contributed by atoms with E-state index in [1.807, 2.05) is 55.5 Å². The summed E-state index contributed by atoms with van der Waals surface area (Å²) in [4.78, 5) is 21.2. The van der Waals surface area contributed by atoms with E-state index in [9.17, 15) is 4.79 Å². The number of amides is 1. The highest BCUT2D eigenvalue weighted by Crippen LogP contribution is 2.25. The van der Waals surface area contributed by atoms with Crippen LogP contribution in [0.3, 0.4) is 0 Å². The van der Waals surface area contributed by atoms with Crippen molar-refractivity contribution >= 4 is 28.3 Å². The first-order valence-electron chi connectivity index (χ1n) is 8.10. The maximum Gasteiger partial charge on any atom is 0.289 e. The van der Waals surface area contributed by atoms with Gasteiger partial charge in [0.05, 0.1) is 5.52 Å². The predicted octanol–water partition coefficient (Wildman–Crippen LogP) is 3.57. The van der Waals surface area contributed by atoms with Crippen molar-refractivity contribution in [3.63, 3.8) is 0 Å². The van der Waals surface area contributed by atoms with E-state index >= 15 is 0 Å². The summed E-state index contributed by atoms with van der Waals surface area (Å²) in [5.41, 5.74) is 2.85. The van der Waals surface area contributed by atoms with Crippen molar-refractivity contribution in [3.05, 3.63) is 59.9 Å². The molecule has 120 valence electrons. The molecule has 3 aromatic rings. The van der Waals surface area contributed by atoms with Crippen LogP contribution in [0.2, 0.25) is 0 Å². The fourth-order valence-electron chi connectivity index (χ4n) is 2.61. The molecule has 0 aliphatic heterocycles. The molecule has 0 bridgehead atoms. The highest BCUT2D eigenvalue weighted by atomic mass is 16.2. The number of carbonyl (C=O) groups excluding carboxylic acids is 1. The second-order valence-corrected chi connectivity index (χ2v) is 6.16. The molecule has 1 aromatic heterocycles. The number of para-hydroxylation sites is 1. The molecule has 5 nitrogen and oxygen atoms in total.